The van der Waals surface area contributed by atoms with Gasteiger partial charge in [-0.3, -0.25) is 4.57 Å². The molecule has 2 atom stereocenters. The number of ether oxygens (including phenoxy) is 1. The Bertz CT molecular complexity index is 608. The molecular weight excluding hydrogens is 225 g/mol. The van der Waals surface area contributed by atoms with E-state index in [0.717, 1.165) is 0 Å². The van der Waals surface area contributed by atoms with Crippen LogP contribution in [0.2, 0.25) is 0 Å². The van der Waals surface area contributed by atoms with Crippen molar-refractivity contribution in [2.45, 2.75) is 19.3 Å². The van der Waals surface area contributed by atoms with E-state index < -0.39 is 6.23 Å². The fraction of sp³-hybridized carbons (Fsp3) is 0.300. The van der Waals surface area contributed by atoms with Crippen molar-refractivity contribution >= 4 is 17.0 Å². The van der Waals surface area contributed by atoms with Crippen LogP contribution in [0.4, 0.5) is 10.2 Å². The molecule has 2 N–H and O–H groups in total. The molecule has 2 aromatic rings. The van der Waals surface area contributed by atoms with E-state index in [0.29, 0.717) is 11.2 Å². The van der Waals surface area contributed by atoms with Gasteiger partial charge in [-0.2, -0.15) is 0 Å². The summed E-state index contributed by atoms with van der Waals surface area (Å²) in [6.07, 6.45) is 3.10. The molecular formula is C10H10FN5O. The molecule has 1 aliphatic rings. The van der Waals surface area contributed by atoms with E-state index in [1.807, 2.05) is 0 Å². The van der Waals surface area contributed by atoms with E-state index in [2.05, 4.69) is 15.0 Å². The second-order valence-electron chi connectivity index (χ2n) is 3.83. The summed E-state index contributed by atoms with van der Waals surface area (Å²) in [5.41, 5.74) is 6.56. The summed E-state index contributed by atoms with van der Waals surface area (Å²) in [6, 6.07) is 0. The lowest BCUT2D eigenvalue weighted by atomic mass is 10.4. The number of hydrogen-bond donors (Lipinski definition) is 1. The van der Waals surface area contributed by atoms with Crippen molar-refractivity contribution in [1.29, 1.82) is 0 Å². The van der Waals surface area contributed by atoms with Crippen LogP contribution in [-0.2, 0) is 4.74 Å². The van der Waals surface area contributed by atoms with E-state index in [1.165, 1.54) is 23.3 Å². The molecule has 0 amide bonds. The first-order valence-corrected chi connectivity index (χ1v) is 5.12. The molecule has 0 radical (unpaired) electrons. The van der Waals surface area contributed by atoms with Crippen molar-refractivity contribution < 1.29 is 9.13 Å². The van der Waals surface area contributed by atoms with Crippen LogP contribution in [0.25, 0.3) is 11.2 Å². The Morgan fingerprint density at radius 3 is 2.94 bits per heavy atom. The second kappa shape index (κ2) is 3.49. The molecule has 6 nitrogen and oxygen atoms in total. The Labute approximate surface area is 95.9 Å². The first-order chi connectivity index (χ1) is 8.16. The molecule has 0 fully saturated rings. The number of nitrogen functional groups attached to an aromatic ring is 1. The molecule has 2 aromatic heterocycles. The minimum Gasteiger partial charge on any atom is -0.382 e. The minimum absolute atomic E-state index is 0.267. The molecule has 0 saturated carbocycles. The van der Waals surface area contributed by atoms with E-state index in [1.54, 1.807) is 6.92 Å². The highest BCUT2D eigenvalue weighted by atomic mass is 19.1. The monoisotopic (exact) mass is 235 g/mol. The lowest BCUT2D eigenvalue weighted by molar-refractivity contribution is 0.0145. The summed E-state index contributed by atoms with van der Waals surface area (Å²) in [7, 11) is 0. The van der Waals surface area contributed by atoms with E-state index >= 15 is 0 Å². The highest BCUT2D eigenvalue weighted by Crippen LogP contribution is 2.31. The maximum Gasteiger partial charge on any atom is 0.189 e. The average Bonchev–Trinajstić information content (AvgIpc) is 2.83. The van der Waals surface area contributed by atoms with Crippen molar-refractivity contribution in [2.24, 2.45) is 0 Å². The van der Waals surface area contributed by atoms with Gasteiger partial charge in [-0.1, -0.05) is 0 Å². The SMILES string of the molecule is C[C@@H]1C=C(F)[C@H](n2cnc3c(N)ncnc32)O1. The Hall–Kier alpha value is -2.02. The second-order valence-corrected chi connectivity index (χ2v) is 3.83. The standard InChI is InChI=1S/C10H10FN5O/c1-5-2-6(11)10(17-5)16-4-15-7-8(12)13-3-14-9(7)16/h2-5,10H,1H3,(H2,12,13,14)/t5-,10-/m1/s1. The molecule has 0 bridgehead atoms. The van der Waals surface area contributed by atoms with Crippen LogP contribution in [0.1, 0.15) is 13.2 Å². The zero-order chi connectivity index (χ0) is 12.0. The van der Waals surface area contributed by atoms with Crippen molar-refractivity contribution in [2.75, 3.05) is 5.73 Å². The minimum atomic E-state index is -0.815. The van der Waals surface area contributed by atoms with Gasteiger partial charge >= 0.3 is 0 Å². The Balaban J connectivity index is 2.13. The van der Waals surface area contributed by atoms with Gasteiger partial charge < -0.3 is 10.5 Å². The normalized spacial score (nSPS) is 24.2. The van der Waals surface area contributed by atoms with Gasteiger partial charge in [0.15, 0.2) is 17.7 Å². The Morgan fingerprint density at radius 1 is 1.41 bits per heavy atom. The summed E-state index contributed by atoms with van der Waals surface area (Å²) in [5.74, 6) is -0.0850. The Kier molecular flexibility index (Phi) is 2.08. The molecule has 17 heavy (non-hydrogen) atoms. The van der Waals surface area contributed by atoms with Crippen molar-refractivity contribution in [1.82, 2.24) is 19.5 Å². The topological polar surface area (TPSA) is 78.9 Å². The first kappa shape index (κ1) is 10.2. The average molecular weight is 235 g/mol. The fourth-order valence-corrected chi connectivity index (χ4v) is 1.85. The molecule has 3 rings (SSSR count). The van der Waals surface area contributed by atoms with Gasteiger partial charge in [-0.15, -0.1) is 0 Å². The number of hydrogen-bond acceptors (Lipinski definition) is 5. The molecule has 1 aliphatic heterocycles. The van der Waals surface area contributed by atoms with Crippen LogP contribution in [0.3, 0.4) is 0 Å². The number of nitrogens with two attached hydrogens (primary N) is 1. The molecule has 88 valence electrons. The third-order valence-corrected chi connectivity index (χ3v) is 2.61. The van der Waals surface area contributed by atoms with Crippen LogP contribution in [0.5, 0.6) is 0 Å². The van der Waals surface area contributed by atoms with Gasteiger partial charge in [0, 0.05) is 0 Å². The summed E-state index contributed by atoms with van der Waals surface area (Å²) >= 11 is 0. The van der Waals surface area contributed by atoms with E-state index in [4.69, 9.17) is 10.5 Å². The van der Waals surface area contributed by atoms with Gasteiger partial charge in [0.25, 0.3) is 0 Å². The van der Waals surface area contributed by atoms with Crippen molar-refractivity contribution in [3.8, 4) is 0 Å². The molecule has 0 aliphatic carbocycles. The van der Waals surface area contributed by atoms with Crippen LogP contribution < -0.4 is 5.73 Å². The summed E-state index contributed by atoms with van der Waals surface area (Å²) in [4.78, 5) is 11.9. The van der Waals surface area contributed by atoms with E-state index in [-0.39, 0.29) is 17.7 Å². The molecule has 3 heterocycles. The number of imidazole rings is 1. The third kappa shape index (κ3) is 1.47. The number of rotatable bonds is 1. The maximum atomic E-state index is 13.6. The van der Waals surface area contributed by atoms with Crippen LogP contribution in [0, 0.1) is 0 Å². The number of aromatic nitrogens is 4. The molecule has 0 saturated heterocycles. The van der Waals surface area contributed by atoms with E-state index in [9.17, 15) is 4.39 Å². The first-order valence-electron chi connectivity index (χ1n) is 5.12. The predicted octanol–water partition coefficient (Wildman–Crippen LogP) is 1.18. The van der Waals surface area contributed by atoms with Gasteiger partial charge in [0.2, 0.25) is 0 Å². The highest BCUT2D eigenvalue weighted by molar-refractivity contribution is 5.81. The number of nitrogens with zero attached hydrogens (tertiary/aromatic N) is 4. The zero-order valence-electron chi connectivity index (χ0n) is 9.04. The summed E-state index contributed by atoms with van der Waals surface area (Å²) in [5, 5.41) is 0. The lowest BCUT2D eigenvalue weighted by Gasteiger charge is -2.13. The van der Waals surface area contributed by atoms with Crippen molar-refractivity contribution in [3.05, 3.63) is 24.6 Å². The zero-order valence-corrected chi connectivity index (χ0v) is 9.04. The molecule has 0 unspecified atom stereocenters. The smallest absolute Gasteiger partial charge is 0.189 e. The summed E-state index contributed by atoms with van der Waals surface area (Å²) in [6.45, 7) is 1.77. The predicted molar refractivity (Wildman–Crippen MR) is 58.5 cm³/mol. The highest BCUT2D eigenvalue weighted by Gasteiger charge is 2.28. The largest absolute Gasteiger partial charge is 0.382 e. The van der Waals surface area contributed by atoms with Crippen molar-refractivity contribution in [3.63, 3.8) is 0 Å². The fourth-order valence-electron chi connectivity index (χ4n) is 1.85. The molecule has 7 heteroatoms. The maximum absolute atomic E-state index is 13.6. The van der Waals surface area contributed by atoms with Gasteiger partial charge in [0.1, 0.15) is 17.7 Å². The van der Waals surface area contributed by atoms with Crippen LogP contribution in [-0.4, -0.2) is 25.6 Å². The molecule has 0 spiro atoms. The number of halogens is 1. The third-order valence-electron chi connectivity index (χ3n) is 2.61. The number of anilines is 1. The van der Waals surface area contributed by atoms with Crippen LogP contribution in [0.15, 0.2) is 24.6 Å². The lowest BCUT2D eigenvalue weighted by Crippen LogP contribution is -2.11. The molecule has 0 aromatic carbocycles. The summed E-state index contributed by atoms with van der Waals surface area (Å²) < 4.78 is 20.6. The Morgan fingerprint density at radius 2 is 2.24 bits per heavy atom. The van der Waals surface area contributed by atoms with Gasteiger partial charge in [-0.05, 0) is 13.0 Å². The van der Waals surface area contributed by atoms with Crippen LogP contribution >= 0.6 is 0 Å². The van der Waals surface area contributed by atoms with Gasteiger partial charge in [-0.25, -0.2) is 19.3 Å². The number of fused-ring (bicyclic) bond motifs is 1. The van der Waals surface area contributed by atoms with Gasteiger partial charge in [0.05, 0.1) is 12.4 Å². The quantitative estimate of drug-likeness (QED) is 0.802.